The predicted octanol–water partition coefficient (Wildman–Crippen LogP) is 3.90. The van der Waals surface area contributed by atoms with Gasteiger partial charge in [-0.3, -0.25) is 9.69 Å². The molecule has 1 aliphatic rings. The molecular weight excluding hydrogens is 524 g/mol. The number of piperazine rings is 1. The molecule has 1 aliphatic heterocycles. The number of rotatable bonds is 5. The van der Waals surface area contributed by atoms with E-state index in [1.807, 2.05) is 29.2 Å². The molecule has 0 atom stereocenters. The molecule has 0 aliphatic carbocycles. The predicted molar refractivity (Wildman–Crippen MR) is 158 cm³/mol. The minimum atomic E-state index is 0.127. The highest BCUT2D eigenvalue weighted by atomic mass is 35.5. The lowest BCUT2D eigenvalue weighted by Crippen LogP contribution is -2.47. The van der Waals surface area contributed by atoms with Crippen LogP contribution in [-0.2, 0) is 17.9 Å². The van der Waals surface area contributed by atoms with E-state index in [-0.39, 0.29) is 5.91 Å². The zero-order chi connectivity index (χ0) is 27.6. The first-order chi connectivity index (χ1) is 19.5. The van der Waals surface area contributed by atoms with Crippen molar-refractivity contribution < 1.29 is 4.79 Å². The molecule has 202 valence electrons. The van der Waals surface area contributed by atoms with Crippen LogP contribution in [-0.4, -0.2) is 72.7 Å². The fourth-order valence-corrected chi connectivity index (χ4v) is 5.35. The number of fused-ring (bicyclic) bond motifs is 2. The van der Waals surface area contributed by atoms with E-state index in [9.17, 15) is 4.79 Å². The Bertz CT molecular complexity index is 1770. The van der Waals surface area contributed by atoms with E-state index in [0.717, 1.165) is 64.3 Å². The van der Waals surface area contributed by atoms with Crippen molar-refractivity contribution in [3.05, 3.63) is 71.6 Å². The number of hydrogen-bond acceptors (Lipinski definition) is 6. The largest absolute Gasteiger partial charge is 0.383 e. The number of aromatic nitrogens is 5. The van der Waals surface area contributed by atoms with Crippen LogP contribution >= 0.6 is 11.6 Å². The molecule has 5 aromatic rings. The van der Waals surface area contributed by atoms with Gasteiger partial charge in [0.05, 0.1) is 11.9 Å². The number of halogens is 1. The molecule has 0 unspecified atom stereocenters. The van der Waals surface area contributed by atoms with E-state index >= 15 is 0 Å². The summed E-state index contributed by atoms with van der Waals surface area (Å²) in [5.74, 6) is 7.00. The van der Waals surface area contributed by atoms with Crippen LogP contribution in [0.15, 0.2) is 61.1 Å². The lowest BCUT2D eigenvalue weighted by Gasteiger charge is -2.32. The van der Waals surface area contributed by atoms with Gasteiger partial charge in [0.25, 0.3) is 0 Å². The van der Waals surface area contributed by atoms with Gasteiger partial charge in [0.15, 0.2) is 5.65 Å². The lowest BCUT2D eigenvalue weighted by molar-refractivity contribution is -0.130. The molecule has 6 rings (SSSR count). The molecule has 2 N–H and O–H groups in total. The van der Waals surface area contributed by atoms with E-state index < -0.39 is 0 Å². The van der Waals surface area contributed by atoms with E-state index in [0.29, 0.717) is 31.1 Å². The van der Waals surface area contributed by atoms with E-state index in [1.54, 1.807) is 11.6 Å². The molecule has 4 heterocycles. The average molecular weight is 553 g/mol. The minimum Gasteiger partial charge on any atom is -0.383 e. The number of carbonyl (C=O) groups is 1. The zero-order valence-corrected chi connectivity index (χ0v) is 23.0. The van der Waals surface area contributed by atoms with Crippen molar-refractivity contribution in [1.82, 2.24) is 34.1 Å². The van der Waals surface area contributed by atoms with Crippen LogP contribution in [0.5, 0.6) is 0 Å². The molecule has 0 saturated carbocycles. The summed E-state index contributed by atoms with van der Waals surface area (Å²) in [6.45, 7) is 6.48. The van der Waals surface area contributed by atoms with Crippen molar-refractivity contribution in [1.29, 1.82) is 0 Å². The Balaban J connectivity index is 1.24. The minimum absolute atomic E-state index is 0.127. The molecule has 0 spiro atoms. The van der Waals surface area contributed by atoms with Crippen LogP contribution in [0.4, 0.5) is 5.82 Å². The Hall–Kier alpha value is -4.39. The number of benzene rings is 2. The van der Waals surface area contributed by atoms with Gasteiger partial charge in [0.1, 0.15) is 24.4 Å². The second-order valence-electron chi connectivity index (χ2n) is 9.91. The Morgan fingerprint density at radius 2 is 1.82 bits per heavy atom. The average Bonchev–Trinajstić information content (AvgIpc) is 3.54. The fraction of sp³-hybridized carbons (Fsp3) is 0.267. The van der Waals surface area contributed by atoms with Crippen LogP contribution in [0.1, 0.15) is 12.5 Å². The molecular formula is C30H29ClN8O. The molecule has 0 radical (unpaired) electrons. The number of nitrogens with zero attached hydrogens (tertiary/aromatic N) is 7. The number of hydrogen-bond donors (Lipinski definition) is 1. The maximum atomic E-state index is 11.5. The quantitative estimate of drug-likeness (QED) is 0.332. The van der Waals surface area contributed by atoms with Gasteiger partial charge in [0, 0.05) is 67.3 Å². The van der Waals surface area contributed by atoms with Crippen molar-refractivity contribution in [2.45, 2.75) is 20.0 Å². The maximum absolute atomic E-state index is 11.5. The van der Waals surface area contributed by atoms with Crippen molar-refractivity contribution in [2.24, 2.45) is 0 Å². The maximum Gasteiger partial charge on any atom is 0.219 e. The van der Waals surface area contributed by atoms with Gasteiger partial charge in [-0.25, -0.2) is 14.6 Å². The van der Waals surface area contributed by atoms with Crippen LogP contribution in [0.25, 0.3) is 33.2 Å². The third-order valence-corrected chi connectivity index (χ3v) is 7.74. The standard InChI is InChI=1S/C30H29ClN8O/c1-21(40)37-16-14-36(15-17-37)11-4-5-12-39-30-27(29(32)33-20-34-30)28(35-39)23-8-9-26-22(18-23)10-13-38(26)19-24-6-2-3-7-25(24)31/h2-3,6-10,13,18,20H,11-12,14-17,19H2,1H3,(H2,32,33,34). The second-order valence-corrected chi connectivity index (χ2v) is 10.3. The molecule has 3 aromatic heterocycles. The van der Waals surface area contributed by atoms with Gasteiger partial charge in [-0.1, -0.05) is 47.7 Å². The summed E-state index contributed by atoms with van der Waals surface area (Å²) in [6.07, 6.45) is 3.53. The Morgan fingerprint density at radius 1 is 1.02 bits per heavy atom. The number of amides is 1. The highest BCUT2D eigenvalue weighted by Crippen LogP contribution is 2.32. The molecule has 40 heavy (non-hydrogen) atoms. The van der Waals surface area contributed by atoms with Gasteiger partial charge in [-0.2, -0.15) is 5.10 Å². The number of nitrogen functional groups attached to an aromatic ring is 1. The van der Waals surface area contributed by atoms with Gasteiger partial charge in [-0.15, -0.1) is 0 Å². The number of anilines is 1. The number of carbonyl (C=O) groups excluding carboxylic acids is 1. The SMILES string of the molecule is CC(=O)N1CCN(CC#CCn2nc(-c3ccc4c(ccn4Cc4ccccc4Cl)c3)c3c(N)ncnc32)CC1. The topological polar surface area (TPSA) is 98.1 Å². The second kappa shape index (κ2) is 11.0. The molecule has 1 saturated heterocycles. The summed E-state index contributed by atoms with van der Waals surface area (Å²) in [4.78, 5) is 24.4. The monoisotopic (exact) mass is 552 g/mol. The molecule has 0 bridgehead atoms. The summed E-state index contributed by atoms with van der Waals surface area (Å²) >= 11 is 6.40. The van der Waals surface area contributed by atoms with Gasteiger partial charge >= 0.3 is 0 Å². The Labute approximate surface area is 237 Å². The van der Waals surface area contributed by atoms with E-state index in [4.69, 9.17) is 22.4 Å². The Kier molecular flexibility index (Phi) is 7.11. The first-order valence-electron chi connectivity index (χ1n) is 13.2. The fourth-order valence-electron chi connectivity index (χ4n) is 5.16. The summed E-state index contributed by atoms with van der Waals surface area (Å²) in [7, 11) is 0. The van der Waals surface area contributed by atoms with Crippen LogP contribution in [0, 0.1) is 11.8 Å². The lowest BCUT2D eigenvalue weighted by atomic mass is 10.1. The zero-order valence-electron chi connectivity index (χ0n) is 22.2. The van der Waals surface area contributed by atoms with Crippen LogP contribution in [0.2, 0.25) is 5.02 Å². The Morgan fingerprint density at radius 3 is 2.62 bits per heavy atom. The summed E-state index contributed by atoms with van der Waals surface area (Å²) in [5.41, 5.74) is 10.8. The first kappa shape index (κ1) is 25.9. The van der Waals surface area contributed by atoms with E-state index in [1.165, 1.54) is 6.33 Å². The highest BCUT2D eigenvalue weighted by Gasteiger charge is 2.19. The summed E-state index contributed by atoms with van der Waals surface area (Å²) in [6, 6.07) is 16.3. The van der Waals surface area contributed by atoms with Crippen molar-refractivity contribution >= 4 is 45.3 Å². The summed E-state index contributed by atoms with van der Waals surface area (Å²) in [5, 5.41) is 7.45. The van der Waals surface area contributed by atoms with Crippen molar-refractivity contribution in [3.63, 3.8) is 0 Å². The molecule has 9 nitrogen and oxygen atoms in total. The molecule has 1 fully saturated rings. The molecule has 2 aromatic carbocycles. The normalized spacial score (nSPS) is 14.0. The number of nitrogens with two attached hydrogens (primary N) is 1. The smallest absolute Gasteiger partial charge is 0.219 e. The first-order valence-corrected chi connectivity index (χ1v) is 13.6. The molecule has 1 amide bonds. The van der Waals surface area contributed by atoms with Gasteiger partial charge in [-0.05, 0) is 29.8 Å². The van der Waals surface area contributed by atoms with Gasteiger partial charge in [0.2, 0.25) is 5.91 Å². The van der Waals surface area contributed by atoms with Crippen molar-refractivity contribution in [2.75, 3.05) is 38.5 Å². The van der Waals surface area contributed by atoms with Crippen LogP contribution in [0.3, 0.4) is 0 Å². The highest BCUT2D eigenvalue weighted by molar-refractivity contribution is 6.31. The van der Waals surface area contributed by atoms with Crippen molar-refractivity contribution in [3.8, 4) is 23.1 Å². The van der Waals surface area contributed by atoms with E-state index in [2.05, 4.69) is 61.7 Å². The third-order valence-electron chi connectivity index (χ3n) is 7.38. The third kappa shape index (κ3) is 5.11. The van der Waals surface area contributed by atoms with Crippen LogP contribution < -0.4 is 5.73 Å². The molecule has 10 heteroatoms. The summed E-state index contributed by atoms with van der Waals surface area (Å²) < 4.78 is 3.97. The van der Waals surface area contributed by atoms with Gasteiger partial charge < -0.3 is 15.2 Å².